The second kappa shape index (κ2) is 11.5. The number of unbranched alkanes of at least 4 members (excludes halogenated alkanes) is 8. The third-order valence-electron chi connectivity index (χ3n) is 4.46. The Labute approximate surface area is 138 Å². The van der Waals surface area contributed by atoms with Crippen LogP contribution in [-0.4, -0.2) is 14.1 Å². The Balaban J connectivity index is 2.09. The van der Waals surface area contributed by atoms with E-state index in [0.29, 0.717) is 0 Å². The van der Waals surface area contributed by atoms with Crippen LogP contribution in [0.3, 0.4) is 0 Å². The normalized spacial score (nSPS) is 12.4. The number of hydrogen-bond donors (Lipinski definition) is 1. The minimum Gasteiger partial charge on any atom is -0.378 e. The summed E-state index contributed by atoms with van der Waals surface area (Å²) in [7, 11) is 4.13. The zero-order valence-corrected chi connectivity index (χ0v) is 15.0. The molecule has 1 rings (SSSR count). The maximum atomic E-state index is 6.30. The van der Waals surface area contributed by atoms with E-state index in [1.165, 1.54) is 69.0 Å². The van der Waals surface area contributed by atoms with Crippen LogP contribution in [0, 0.1) is 0 Å². The lowest BCUT2D eigenvalue weighted by molar-refractivity contribution is 0.532. The van der Waals surface area contributed by atoms with Gasteiger partial charge < -0.3 is 10.6 Å². The van der Waals surface area contributed by atoms with Gasteiger partial charge in [0.25, 0.3) is 0 Å². The summed E-state index contributed by atoms with van der Waals surface area (Å²) >= 11 is 0. The Morgan fingerprint density at radius 2 is 1.32 bits per heavy atom. The van der Waals surface area contributed by atoms with Crippen molar-refractivity contribution in [2.45, 2.75) is 77.2 Å². The summed E-state index contributed by atoms with van der Waals surface area (Å²) in [5.74, 6) is 0. The fraction of sp³-hybridized carbons (Fsp3) is 0.700. The number of benzene rings is 1. The molecule has 0 aromatic heterocycles. The second-order valence-electron chi connectivity index (χ2n) is 6.71. The third kappa shape index (κ3) is 7.84. The quantitative estimate of drug-likeness (QED) is 0.504. The van der Waals surface area contributed by atoms with E-state index in [2.05, 4.69) is 50.2 Å². The van der Waals surface area contributed by atoms with Crippen molar-refractivity contribution >= 4 is 5.69 Å². The maximum Gasteiger partial charge on any atom is 0.0361 e. The molecular formula is C20H36N2. The number of nitrogens with two attached hydrogens (primary N) is 1. The van der Waals surface area contributed by atoms with E-state index >= 15 is 0 Å². The Hall–Kier alpha value is -1.02. The van der Waals surface area contributed by atoms with Gasteiger partial charge in [-0.3, -0.25) is 0 Å². The predicted molar refractivity (Wildman–Crippen MR) is 99.5 cm³/mol. The Kier molecular flexibility index (Phi) is 9.98. The molecule has 2 heteroatoms. The average Bonchev–Trinajstić information content (AvgIpc) is 2.53. The van der Waals surface area contributed by atoms with Gasteiger partial charge in [-0.2, -0.15) is 0 Å². The van der Waals surface area contributed by atoms with Gasteiger partial charge in [-0.05, 0) is 24.1 Å². The molecule has 126 valence electrons. The second-order valence-corrected chi connectivity index (χ2v) is 6.71. The van der Waals surface area contributed by atoms with Crippen LogP contribution in [0.2, 0.25) is 0 Å². The molecule has 0 aliphatic heterocycles. The fourth-order valence-corrected chi connectivity index (χ4v) is 2.86. The van der Waals surface area contributed by atoms with Crippen LogP contribution in [0.1, 0.15) is 82.7 Å². The van der Waals surface area contributed by atoms with Crippen LogP contribution in [0.25, 0.3) is 0 Å². The van der Waals surface area contributed by atoms with Gasteiger partial charge >= 0.3 is 0 Å². The highest BCUT2D eigenvalue weighted by Crippen LogP contribution is 2.21. The standard InChI is InChI=1S/C20H36N2/c1-4-5-6-7-8-9-10-11-12-13-20(21)18-14-16-19(17-15-18)22(2)3/h14-17,20H,4-13,21H2,1-3H3. The summed E-state index contributed by atoms with van der Waals surface area (Å²) in [6, 6.07) is 8.86. The largest absolute Gasteiger partial charge is 0.378 e. The van der Waals surface area contributed by atoms with E-state index in [4.69, 9.17) is 5.73 Å². The van der Waals surface area contributed by atoms with Gasteiger partial charge in [0.1, 0.15) is 0 Å². The monoisotopic (exact) mass is 304 g/mol. The topological polar surface area (TPSA) is 29.3 Å². The molecule has 0 aliphatic carbocycles. The Morgan fingerprint density at radius 3 is 1.82 bits per heavy atom. The van der Waals surface area contributed by atoms with Crippen molar-refractivity contribution in [3.63, 3.8) is 0 Å². The van der Waals surface area contributed by atoms with Gasteiger partial charge in [-0.25, -0.2) is 0 Å². The molecule has 1 aromatic rings. The zero-order valence-electron chi connectivity index (χ0n) is 15.0. The van der Waals surface area contributed by atoms with Crippen LogP contribution < -0.4 is 10.6 Å². The lowest BCUT2D eigenvalue weighted by Gasteiger charge is -2.15. The molecule has 0 spiro atoms. The van der Waals surface area contributed by atoms with Crippen LogP contribution in [0.15, 0.2) is 24.3 Å². The van der Waals surface area contributed by atoms with Crippen molar-refractivity contribution in [1.82, 2.24) is 0 Å². The molecule has 1 atom stereocenters. The van der Waals surface area contributed by atoms with Gasteiger partial charge in [0.05, 0.1) is 0 Å². The first kappa shape index (κ1) is 19.0. The first-order valence-electron chi connectivity index (χ1n) is 9.18. The lowest BCUT2D eigenvalue weighted by Crippen LogP contribution is -2.12. The molecule has 0 saturated heterocycles. The van der Waals surface area contributed by atoms with Gasteiger partial charge in [0.2, 0.25) is 0 Å². The Morgan fingerprint density at radius 1 is 0.818 bits per heavy atom. The number of anilines is 1. The maximum absolute atomic E-state index is 6.30. The molecule has 2 N–H and O–H groups in total. The summed E-state index contributed by atoms with van der Waals surface area (Å²) < 4.78 is 0. The SMILES string of the molecule is CCCCCCCCCCCC(N)c1ccc(N(C)C)cc1. The first-order chi connectivity index (χ1) is 10.6. The molecular weight excluding hydrogens is 268 g/mol. The fourth-order valence-electron chi connectivity index (χ4n) is 2.86. The molecule has 2 nitrogen and oxygen atoms in total. The van der Waals surface area contributed by atoms with Gasteiger partial charge in [-0.1, -0.05) is 76.8 Å². The van der Waals surface area contributed by atoms with Crippen molar-refractivity contribution in [2.75, 3.05) is 19.0 Å². The minimum absolute atomic E-state index is 0.195. The summed E-state index contributed by atoms with van der Waals surface area (Å²) in [6.07, 6.45) is 13.5. The zero-order chi connectivity index (χ0) is 16.2. The van der Waals surface area contributed by atoms with Crippen LogP contribution in [0.4, 0.5) is 5.69 Å². The van der Waals surface area contributed by atoms with Gasteiger partial charge in [-0.15, -0.1) is 0 Å². The Bertz CT molecular complexity index is 370. The minimum atomic E-state index is 0.195. The van der Waals surface area contributed by atoms with Gasteiger partial charge in [0.15, 0.2) is 0 Å². The van der Waals surface area contributed by atoms with Crippen molar-refractivity contribution < 1.29 is 0 Å². The van der Waals surface area contributed by atoms with E-state index in [0.717, 1.165) is 6.42 Å². The van der Waals surface area contributed by atoms with E-state index < -0.39 is 0 Å². The highest BCUT2D eigenvalue weighted by atomic mass is 15.1. The highest BCUT2D eigenvalue weighted by Gasteiger charge is 2.06. The third-order valence-corrected chi connectivity index (χ3v) is 4.46. The molecule has 1 aromatic carbocycles. The molecule has 0 radical (unpaired) electrons. The summed E-state index contributed by atoms with van der Waals surface area (Å²) in [5, 5.41) is 0. The number of nitrogens with zero attached hydrogens (tertiary/aromatic N) is 1. The average molecular weight is 305 g/mol. The van der Waals surface area contributed by atoms with Crippen molar-refractivity contribution in [3.8, 4) is 0 Å². The van der Waals surface area contributed by atoms with E-state index in [1.807, 2.05) is 0 Å². The van der Waals surface area contributed by atoms with E-state index in [1.54, 1.807) is 0 Å². The molecule has 0 fully saturated rings. The van der Waals surface area contributed by atoms with Gasteiger partial charge in [0, 0.05) is 25.8 Å². The summed E-state index contributed by atoms with van der Waals surface area (Å²) in [5.41, 5.74) is 8.81. The molecule has 0 aliphatic rings. The number of rotatable bonds is 12. The molecule has 0 saturated carbocycles. The van der Waals surface area contributed by atoms with E-state index in [-0.39, 0.29) is 6.04 Å². The number of hydrogen-bond acceptors (Lipinski definition) is 2. The van der Waals surface area contributed by atoms with Crippen molar-refractivity contribution in [1.29, 1.82) is 0 Å². The highest BCUT2D eigenvalue weighted by molar-refractivity contribution is 5.46. The van der Waals surface area contributed by atoms with Crippen LogP contribution in [0.5, 0.6) is 0 Å². The smallest absolute Gasteiger partial charge is 0.0361 e. The summed E-state index contributed by atoms with van der Waals surface area (Å²) in [4.78, 5) is 2.12. The van der Waals surface area contributed by atoms with Crippen molar-refractivity contribution in [3.05, 3.63) is 29.8 Å². The van der Waals surface area contributed by atoms with Crippen LogP contribution in [-0.2, 0) is 0 Å². The van der Waals surface area contributed by atoms with Crippen molar-refractivity contribution in [2.24, 2.45) is 5.73 Å². The molecule has 0 amide bonds. The molecule has 22 heavy (non-hydrogen) atoms. The molecule has 1 unspecified atom stereocenters. The van der Waals surface area contributed by atoms with Crippen LogP contribution >= 0.6 is 0 Å². The first-order valence-corrected chi connectivity index (χ1v) is 9.18. The molecule has 0 heterocycles. The van der Waals surface area contributed by atoms with E-state index in [9.17, 15) is 0 Å². The summed E-state index contributed by atoms with van der Waals surface area (Å²) in [6.45, 7) is 2.28. The predicted octanol–water partition coefficient (Wildman–Crippen LogP) is 5.67. The molecule has 0 bridgehead atoms. The lowest BCUT2D eigenvalue weighted by atomic mass is 10.00.